The number of nitrogens with zero attached hydrogens (tertiary/aromatic N) is 2. The highest BCUT2D eigenvalue weighted by atomic mass is 35.5. The first-order chi connectivity index (χ1) is 13.9. The predicted octanol–water partition coefficient (Wildman–Crippen LogP) is 6.45. The monoisotopic (exact) mass is 426 g/mol. The Morgan fingerprint density at radius 3 is 2.69 bits per heavy atom. The molecule has 1 aromatic carbocycles. The largest absolute Gasteiger partial charge is 0.478 e. The molecule has 2 heterocycles. The van der Waals surface area contributed by atoms with E-state index in [1.54, 1.807) is 11.3 Å². The summed E-state index contributed by atoms with van der Waals surface area (Å²) in [6.07, 6.45) is 5.85. The summed E-state index contributed by atoms with van der Waals surface area (Å²) in [5, 5.41) is 11.4. The maximum absolute atomic E-state index is 12.1. The first-order valence-corrected chi connectivity index (χ1v) is 10.9. The first-order valence-electron chi connectivity index (χ1n) is 9.74. The Morgan fingerprint density at radius 1 is 1.21 bits per heavy atom. The van der Waals surface area contributed by atoms with Gasteiger partial charge in [0, 0.05) is 33.1 Å². The summed E-state index contributed by atoms with van der Waals surface area (Å²) in [5.74, 6) is -0.837. The van der Waals surface area contributed by atoms with Crippen molar-refractivity contribution in [1.82, 2.24) is 4.57 Å². The summed E-state index contributed by atoms with van der Waals surface area (Å²) >= 11 is 7.82. The van der Waals surface area contributed by atoms with Crippen LogP contribution in [-0.4, -0.2) is 21.9 Å². The average molecular weight is 427 g/mol. The fraction of sp³-hybridized carbons (Fsp3) is 0.304. The third kappa shape index (κ3) is 3.65. The molecule has 150 valence electrons. The molecular weight excluding hydrogens is 404 g/mol. The quantitative estimate of drug-likeness (QED) is 0.487. The molecular formula is C23H23ClN2O2S. The molecule has 0 fully saturated rings. The Kier molecular flexibility index (Phi) is 5.36. The number of thiophene rings is 1. The third-order valence-electron chi connectivity index (χ3n) is 5.55. The molecule has 3 aromatic rings. The topological polar surface area (TPSA) is 54.6 Å². The Morgan fingerprint density at radius 2 is 1.97 bits per heavy atom. The second kappa shape index (κ2) is 7.81. The zero-order chi connectivity index (χ0) is 20.7. The molecule has 0 saturated carbocycles. The summed E-state index contributed by atoms with van der Waals surface area (Å²) in [7, 11) is 0. The first kappa shape index (κ1) is 19.9. The van der Waals surface area contributed by atoms with E-state index in [9.17, 15) is 9.90 Å². The van der Waals surface area contributed by atoms with Gasteiger partial charge in [-0.05, 0) is 75.8 Å². The van der Waals surface area contributed by atoms with E-state index in [0.29, 0.717) is 10.6 Å². The van der Waals surface area contributed by atoms with Crippen LogP contribution in [0, 0.1) is 20.8 Å². The van der Waals surface area contributed by atoms with Crippen LogP contribution in [0.25, 0.3) is 5.00 Å². The zero-order valence-corrected chi connectivity index (χ0v) is 18.3. The van der Waals surface area contributed by atoms with Crippen molar-refractivity contribution in [3.63, 3.8) is 0 Å². The summed E-state index contributed by atoms with van der Waals surface area (Å²) in [6.45, 7) is 5.99. The van der Waals surface area contributed by atoms with E-state index in [1.807, 2.05) is 45.2 Å². The summed E-state index contributed by atoms with van der Waals surface area (Å²) in [6, 6.07) is 7.79. The third-order valence-corrected chi connectivity index (χ3v) is 7.23. The van der Waals surface area contributed by atoms with Crippen molar-refractivity contribution in [2.45, 2.75) is 46.5 Å². The van der Waals surface area contributed by atoms with Gasteiger partial charge in [0.25, 0.3) is 0 Å². The van der Waals surface area contributed by atoms with E-state index in [2.05, 4.69) is 15.6 Å². The van der Waals surface area contributed by atoms with Gasteiger partial charge in [-0.15, -0.1) is 11.3 Å². The lowest BCUT2D eigenvalue weighted by molar-refractivity contribution is 0.0696. The number of aliphatic imine (C=N–C) groups is 1. The van der Waals surface area contributed by atoms with Gasteiger partial charge in [0.1, 0.15) is 5.00 Å². The number of carboxylic acid groups (broad SMARTS) is 1. The van der Waals surface area contributed by atoms with Crippen LogP contribution in [0.15, 0.2) is 29.3 Å². The van der Waals surface area contributed by atoms with Gasteiger partial charge in [-0.25, -0.2) is 4.79 Å². The molecule has 0 amide bonds. The Balaban J connectivity index is 1.77. The van der Waals surface area contributed by atoms with Crippen molar-refractivity contribution in [2.24, 2.45) is 4.99 Å². The van der Waals surface area contributed by atoms with Gasteiger partial charge >= 0.3 is 5.97 Å². The Bertz CT molecular complexity index is 1140. The highest BCUT2D eigenvalue weighted by molar-refractivity contribution is 7.15. The maximum atomic E-state index is 12.1. The minimum Gasteiger partial charge on any atom is -0.478 e. The van der Waals surface area contributed by atoms with Gasteiger partial charge in [0.15, 0.2) is 0 Å². The summed E-state index contributed by atoms with van der Waals surface area (Å²) in [4.78, 5) is 17.9. The molecule has 0 unspecified atom stereocenters. The number of carboxylic acids is 1. The lowest BCUT2D eigenvalue weighted by Crippen LogP contribution is -2.09. The number of hydrogen-bond donors (Lipinski definition) is 1. The van der Waals surface area contributed by atoms with E-state index >= 15 is 0 Å². The summed E-state index contributed by atoms with van der Waals surface area (Å²) < 4.78 is 2.07. The Hall–Kier alpha value is -2.37. The second-order valence-corrected chi connectivity index (χ2v) is 9.04. The van der Waals surface area contributed by atoms with Crippen molar-refractivity contribution in [3.8, 4) is 5.00 Å². The molecule has 0 spiro atoms. The van der Waals surface area contributed by atoms with Gasteiger partial charge in [0.05, 0.1) is 11.3 Å². The van der Waals surface area contributed by atoms with E-state index in [-0.39, 0.29) is 0 Å². The van der Waals surface area contributed by atoms with Crippen molar-refractivity contribution in [2.75, 3.05) is 0 Å². The van der Waals surface area contributed by atoms with Crippen molar-refractivity contribution >= 4 is 40.8 Å². The van der Waals surface area contributed by atoms with E-state index in [4.69, 9.17) is 11.6 Å². The van der Waals surface area contributed by atoms with Crippen LogP contribution in [0.3, 0.4) is 0 Å². The molecule has 0 radical (unpaired) electrons. The second-order valence-electron chi connectivity index (χ2n) is 7.55. The molecule has 0 aliphatic heterocycles. The molecule has 1 aliphatic carbocycles. The highest BCUT2D eigenvalue weighted by Crippen LogP contribution is 2.38. The maximum Gasteiger partial charge on any atom is 0.339 e. The Labute approximate surface area is 179 Å². The molecule has 0 saturated heterocycles. The number of fused-ring (bicyclic) bond motifs is 1. The normalized spacial score (nSPS) is 13.8. The van der Waals surface area contributed by atoms with E-state index < -0.39 is 5.97 Å². The minimum absolute atomic E-state index is 0.473. The molecule has 29 heavy (non-hydrogen) atoms. The van der Waals surface area contributed by atoms with Gasteiger partial charge < -0.3 is 9.67 Å². The van der Waals surface area contributed by atoms with Crippen LogP contribution >= 0.6 is 22.9 Å². The van der Waals surface area contributed by atoms with Gasteiger partial charge in [-0.2, -0.15) is 0 Å². The lowest BCUT2D eigenvalue weighted by atomic mass is 9.95. The van der Waals surface area contributed by atoms with Crippen molar-refractivity contribution < 1.29 is 9.90 Å². The van der Waals surface area contributed by atoms with Gasteiger partial charge in [-0.1, -0.05) is 17.7 Å². The number of benzene rings is 1. The smallest absolute Gasteiger partial charge is 0.339 e. The van der Waals surface area contributed by atoms with Crippen LogP contribution < -0.4 is 0 Å². The van der Waals surface area contributed by atoms with Crippen LogP contribution in [0.1, 0.15) is 56.2 Å². The number of aromatic nitrogens is 1. The number of aromatic carboxylic acids is 1. The molecule has 6 heteroatoms. The number of carbonyl (C=O) groups is 1. The van der Waals surface area contributed by atoms with Gasteiger partial charge in [-0.3, -0.25) is 4.99 Å². The summed E-state index contributed by atoms with van der Waals surface area (Å²) in [5.41, 5.74) is 6.29. The average Bonchev–Trinajstić information content (AvgIpc) is 3.19. The highest BCUT2D eigenvalue weighted by Gasteiger charge is 2.27. The predicted molar refractivity (Wildman–Crippen MR) is 120 cm³/mol. The van der Waals surface area contributed by atoms with Crippen LogP contribution in [0.5, 0.6) is 0 Å². The number of hydrogen-bond acceptors (Lipinski definition) is 3. The van der Waals surface area contributed by atoms with Crippen LogP contribution in [0.4, 0.5) is 5.69 Å². The fourth-order valence-electron chi connectivity index (χ4n) is 3.97. The zero-order valence-electron chi connectivity index (χ0n) is 16.8. The molecule has 1 aliphatic rings. The molecule has 4 nitrogen and oxygen atoms in total. The SMILES string of the molecule is Cc1ccc(N=Cc2cc(C)n(-c3sc4c(c3C(=O)O)CCCC4)c2C)cc1Cl. The minimum atomic E-state index is -0.837. The van der Waals surface area contributed by atoms with Crippen LogP contribution in [0.2, 0.25) is 5.02 Å². The van der Waals surface area contributed by atoms with Gasteiger partial charge in [0.2, 0.25) is 0 Å². The number of aryl methyl sites for hydroxylation is 3. The number of halogens is 1. The molecule has 0 bridgehead atoms. The molecule has 1 N–H and O–H groups in total. The van der Waals surface area contributed by atoms with Crippen LogP contribution in [-0.2, 0) is 12.8 Å². The van der Waals surface area contributed by atoms with E-state index in [0.717, 1.165) is 64.4 Å². The lowest BCUT2D eigenvalue weighted by Gasteiger charge is -2.11. The van der Waals surface area contributed by atoms with Crippen molar-refractivity contribution in [3.05, 3.63) is 67.8 Å². The molecule has 0 atom stereocenters. The fourth-order valence-corrected chi connectivity index (χ4v) is 5.63. The molecule has 2 aromatic heterocycles. The number of rotatable bonds is 4. The molecule has 4 rings (SSSR count). The standard InChI is InChI=1S/C23H23ClN2O2S/c1-13-8-9-17(11-19(13)24)25-12-16-10-14(2)26(15(16)3)22-21(23(27)28)18-6-4-5-7-20(18)29-22/h8-12H,4-7H2,1-3H3,(H,27,28). The van der Waals surface area contributed by atoms with Crippen molar-refractivity contribution in [1.29, 1.82) is 0 Å². The van der Waals surface area contributed by atoms with E-state index in [1.165, 1.54) is 4.88 Å².